The molecule has 0 heterocycles. The normalized spacial score (nSPS) is 14.7. The second kappa shape index (κ2) is 4.45. The van der Waals surface area contributed by atoms with Crippen molar-refractivity contribution >= 4 is 5.91 Å². The molecule has 0 aliphatic heterocycles. The van der Waals surface area contributed by atoms with Crippen LogP contribution in [0.4, 0.5) is 0 Å². The summed E-state index contributed by atoms with van der Waals surface area (Å²) in [7, 11) is 0. The van der Waals surface area contributed by atoms with Crippen LogP contribution < -0.4 is 11.1 Å². The van der Waals surface area contributed by atoms with E-state index in [1.807, 2.05) is 44.2 Å². The van der Waals surface area contributed by atoms with E-state index in [-0.39, 0.29) is 11.9 Å². The van der Waals surface area contributed by atoms with Crippen LogP contribution in [0.5, 0.6) is 0 Å². The summed E-state index contributed by atoms with van der Waals surface area (Å²) < 4.78 is 0. The summed E-state index contributed by atoms with van der Waals surface area (Å²) >= 11 is 0. The molecule has 3 N–H and O–H groups in total. The van der Waals surface area contributed by atoms with Gasteiger partial charge in [-0.15, -0.1) is 0 Å². The Labute approximate surface area is 90.7 Å². The molecule has 0 spiro atoms. The van der Waals surface area contributed by atoms with Gasteiger partial charge in [0.15, 0.2) is 0 Å². The first-order valence-electron chi connectivity index (χ1n) is 5.10. The fourth-order valence-electron chi connectivity index (χ4n) is 1.33. The Hall–Kier alpha value is -1.35. The van der Waals surface area contributed by atoms with Gasteiger partial charge in [0.2, 0.25) is 5.91 Å². The number of hydrogen-bond acceptors (Lipinski definition) is 2. The number of nitrogens with one attached hydrogen (secondary N) is 1. The van der Waals surface area contributed by atoms with E-state index in [1.165, 1.54) is 0 Å². The minimum absolute atomic E-state index is 0.101. The van der Waals surface area contributed by atoms with Crippen molar-refractivity contribution in [1.82, 2.24) is 5.32 Å². The monoisotopic (exact) mass is 206 g/mol. The maximum atomic E-state index is 11.8. The van der Waals surface area contributed by atoms with Gasteiger partial charge in [-0.25, -0.2) is 0 Å². The van der Waals surface area contributed by atoms with Crippen LogP contribution in [-0.4, -0.2) is 11.9 Å². The van der Waals surface area contributed by atoms with Crippen molar-refractivity contribution in [3.05, 3.63) is 35.9 Å². The Morgan fingerprint density at radius 2 is 1.87 bits per heavy atom. The van der Waals surface area contributed by atoms with Crippen molar-refractivity contribution in [3.8, 4) is 0 Å². The van der Waals surface area contributed by atoms with Crippen molar-refractivity contribution in [2.75, 3.05) is 0 Å². The van der Waals surface area contributed by atoms with Crippen molar-refractivity contribution < 1.29 is 4.79 Å². The Morgan fingerprint density at radius 3 is 2.33 bits per heavy atom. The van der Waals surface area contributed by atoms with Crippen LogP contribution in [-0.2, 0) is 10.3 Å². The molecule has 1 atom stereocenters. The first-order valence-corrected chi connectivity index (χ1v) is 5.10. The lowest BCUT2D eigenvalue weighted by Crippen LogP contribution is -2.50. The molecule has 0 saturated carbocycles. The third-order valence-electron chi connectivity index (χ3n) is 2.26. The number of carbonyl (C=O) groups is 1. The Bertz CT molecular complexity index is 331. The van der Waals surface area contributed by atoms with E-state index in [4.69, 9.17) is 5.73 Å². The number of benzene rings is 1. The van der Waals surface area contributed by atoms with Gasteiger partial charge in [-0.1, -0.05) is 30.3 Å². The lowest BCUT2D eigenvalue weighted by Gasteiger charge is -2.25. The van der Waals surface area contributed by atoms with Crippen LogP contribution in [0.15, 0.2) is 30.3 Å². The third kappa shape index (κ3) is 2.80. The number of hydrogen-bond donors (Lipinski definition) is 2. The molecule has 1 aromatic rings. The van der Waals surface area contributed by atoms with Crippen molar-refractivity contribution in [3.63, 3.8) is 0 Å². The molecule has 1 rings (SSSR count). The minimum atomic E-state index is -0.967. The molecule has 1 amide bonds. The van der Waals surface area contributed by atoms with Crippen LogP contribution in [0, 0.1) is 0 Å². The molecule has 0 bridgehead atoms. The van der Waals surface area contributed by atoms with Gasteiger partial charge in [0.25, 0.3) is 0 Å². The standard InChI is InChI=1S/C12H18N2O/c1-9(2)14-11(15)12(3,13)10-7-5-4-6-8-10/h4-9H,13H2,1-3H3,(H,14,15). The molecule has 15 heavy (non-hydrogen) atoms. The minimum Gasteiger partial charge on any atom is -0.352 e. The molecule has 3 nitrogen and oxygen atoms in total. The highest BCUT2D eigenvalue weighted by Crippen LogP contribution is 2.17. The van der Waals surface area contributed by atoms with E-state index in [9.17, 15) is 4.79 Å². The van der Waals surface area contributed by atoms with Gasteiger partial charge in [-0.2, -0.15) is 0 Å². The molecular weight excluding hydrogens is 188 g/mol. The highest BCUT2D eigenvalue weighted by Gasteiger charge is 2.30. The third-order valence-corrected chi connectivity index (χ3v) is 2.26. The summed E-state index contributed by atoms with van der Waals surface area (Å²) in [4.78, 5) is 11.8. The summed E-state index contributed by atoms with van der Waals surface area (Å²) in [6, 6.07) is 9.48. The zero-order valence-corrected chi connectivity index (χ0v) is 9.45. The smallest absolute Gasteiger partial charge is 0.244 e. The number of nitrogens with two attached hydrogens (primary N) is 1. The van der Waals surface area contributed by atoms with Crippen LogP contribution in [0.3, 0.4) is 0 Å². The highest BCUT2D eigenvalue weighted by molar-refractivity contribution is 5.87. The van der Waals surface area contributed by atoms with Crippen LogP contribution >= 0.6 is 0 Å². The topological polar surface area (TPSA) is 55.1 Å². The molecule has 0 saturated heterocycles. The van der Waals surface area contributed by atoms with Crippen molar-refractivity contribution in [1.29, 1.82) is 0 Å². The van der Waals surface area contributed by atoms with Gasteiger partial charge in [0, 0.05) is 6.04 Å². The molecule has 1 unspecified atom stereocenters. The first-order chi connectivity index (χ1) is 6.94. The molecule has 0 aliphatic rings. The number of amides is 1. The Kier molecular flexibility index (Phi) is 3.48. The lowest BCUT2D eigenvalue weighted by molar-refractivity contribution is -0.126. The van der Waals surface area contributed by atoms with E-state index in [1.54, 1.807) is 6.92 Å². The SMILES string of the molecule is CC(C)NC(=O)C(C)(N)c1ccccc1. The van der Waals surface area contributed by atoms with E-state index >= 15 is 0 Å². The molecule has 0 aliphatic carbocycles. The van der Waals surface area contributed by atoms with E-state index in [0.717, 1.165) is 5.56 Å². The van der Waals surface area contributed by atoms with E-state index in [0.29, 0.717) is 0 Å². The second-order valence-corrected chi connectivity index (χ2v) is 4.20. The summed E-state index contributed by atoms with van der Waals surface area (Å²) in [5, 5.41) is 2.82. The second-order valence-electron chi connectivity index (χ2n) is 4.20. The fraction of sp³-hybridized carbons (Fsp3) is 0.417. The zero-order chi connectivity index (χ0) is 11.5. The predicted molar refractivity (Wildman–Crippen MR) is 61.3 cm³/mol. The Morgan fingerprint density at radius 1 is 1.33 bits per heavy atom. The van der Waals surface area contributed by atoms with E-state index in [2.05, 4.69) is 5.32 Å². The Balaban J connectivity index is 2.88. The lowest BCUT2D eigenvalue weighted by atomic mass is 9.92. The predicted octanol–water partition coefficient (Wildman–Crippen LogP) is 1.39. The van der Waals surface area contributed by atoms with Crippen molar-refractivity contribution in [2.45, 2.75) is 32.4 Å². The molecule has 0 aromatic heterocycles. The summed E-state index contributed by atoms with van der Waals surface area (Å²) in [5.41, 5.74) is 5.87. The molecule has 3 heteroatoms. The number of rotatable bonds is 3. The molecular formula is C12H18N2O. The quantitative estimate of drug-likeness (QED) is 0.785. The van der Waals surface area contributed by atoms with Gasteiger partial charge >= 0.3 is 0 Å². The molecule has 0 radical (unpaired) electrons. The van der Waals surface area contributed by atoms with Gasteiger partial charge in [-0.3, -0.25) is 4.79 Å². The van der Waals surface area contributed by atoms with Crippen LogP contribution in [0.2, 0.25) is 0 Å². The largest absolute Gasteiger partial charge is 0.352 e. The van der Waals surface area contributed by atoms with Gasteiger partial charge in [-0.05, 0) is 26.3 Å². The average Bonchev–Trinajstić information content (AvgIpc) is 2.18. The number of carbonyl (C=O) groups excluding carboxylic acids is 1. The van der Waals surface area contributed by atoms with E-state index < -0.39 is 5.54 Å². The highest BCUT2D eigenvalue weighted by atomic mass is 16.2. The maximum absolute atomic E-state index is 11.8. The first kappa shape index (κ1) is 11.7. The van der Waals surface area contributed by atoms with Gasteiger partial charge in [0.05, 0.1) is 0 Å². The van der Waals surface area contributed by atoms with Gasteiger partial charge in [0.1, 0.15) is 5.54 Å². The average molecular weight is 206 g/mol. The zero-order valence-electron chi connectivity index (χ0n) is 9.45. The summed E-state index contributed by atoms with van der Waals surface area (Å²) in [5.74, 6) is -0.149. The maximum Gasteiger partial charge on any atom is 0.244 e. The van der Waals surface area contributed by atoms with Crippen molar-refractivity contribution in [2.24, 2.45) is 5.73 Å². The van der Waals surface area contributed by atoms with Crippen LogP contribution in [0.25, 0.3) is 0 Å². The fourth-order valence-corrected chi connectivity index (χ4v) is 1.33. The molecule has 0 fully saturated rings. The summed E-state index contributed by atoms with van der Waals surface area (Å²) in [6.45, 7) is 5.55. The summed E-state index contributed by atoms with van der Waals surface area (Å²) in [6.07, 6.45) is 0. The molecule has 1 aromatic carbocycles. The molecule has 82 valence electrons. The van der Waals surface area contributed by atoms with Crippen LogP contribution in [0.1, 0.15) is 26.3 Å². The van der Waals surface area contributed by atoms with Gasteiger partial charge < -0.3 is 11.1 Å².